The van der Waals surface area contributed by atoms with Gasteiger partial charge in [0, 0.05) is 5.56 Å². The summed E-state index contributed by atoms with van der Waals surface area (Å²) >= 11 is 0. The molecule has 0 aromatic heterocycles. The average molecular weight is 1100 g/mol. The van der Waals surface area contributed by atoms with Gasteiger partial charge in [-0.05, 0) is 65.8 Å². The van der Waals surface area contributed by atoms with Crippen molar-refractivity contribution in [3.05, 3.63) is 147 Å². The Morgan fingerprint density at radius 1 is 0.397 bits per heavy atom. The van der Waals surface area contributed by atoms with Crippen molar-refractivity contribution in [3.63, 3.8) is 0 Å². The van der Waals surface area contributed by atoms with Crippen LogP contribution in [-0.4, -0.2) is 36.8 Å². The third-order valence-corrected chi connectivity index (χ3v) is 11.3. The van der Waals surface area contributed by atoms with Crippen LogP contribution < -0.4 is 26.6 Å². The van der Waals surface area contributed by atoms with Crippen molar-refractivity contribution in [2.24, 2.45) is 0 Å². The number of benzene rings is 5. The number of ketones is 1. The van der Waals surface area contributed by atoms with Crippen molar-refractivity contribution >= 4 is 44.7 Å². The fourth-order valence-corrected chi connectivity index (χ4v) is 8.06. The molecule has 0 saturated carbocycles. The number of Topliss-reactive ketones (excluding diaryl/α,β-unsaturated/α-hetero) is 1. The summed E-state index contributed by atoms with van der Waals surface area (Å²) < 4.78 is 346. The van der Waals surface area contributed by atoms with Gasteiger partial charge >= 0.3 is 49.4 Å². The molecule has 0 aliphatic rings. The van der Waals surface area contributed by atoms with Crippen molar-refractivity contribution < 1.29 is 115 Å². The van der Waals surface area contributed by atoms with E-state index in [1.54, 1.807) is 0 Å². The van der Waals surface area contributed by atoms with E-state index in [4.69, 9.17) is 4.74 Å². The van der Waals surface area contributed by atoms with Crippen LogP contribution in [0.25, 0.3) is 0 Å². The number of carbonyl (C=O) groups is 1. The van der Waals surface area contributed by atoms with Crippen molar-refractivity contribution in [1.82, 2.24) is 0 Å². The molecule has 0 spiro atoms. The summed E-state index contributed by atoms with van der Waals surface area (Å²) in [4.78, 5) is 11.7. The Morgan fingerprint density at radius 3 is 0.795 bits per heavy atom. The summed E-state index contributed by atoms with van der Waals surface area (Å²) in [5, 5.41) is 0. The van der Waals surface area contributed by atoms with Crippen LogP contribution in [0.2, 0.25) is 0 Å². The molecular weight excluding hydrogens is 1070 g/mol. The molecule has 5 aromatic carbocycles. The number of carbonyl (C=O) groups excluding carboxylic acids is 1. The predicted octanol–water partition coefficient (Wildman–Crippen LogP) is 13.8. The zero-order valence-electron chi connectivity index (χ0n) is 36.7. The van der Waals surface area contributed by atoms with E-state index in [0.29, 0.717) is 5.75 Å². The van der Waals surface area contributed by atoms with Gasteiger partial charge in [-0.25, -0.2) is 0 Å². The first kappa shape index (κ1) is 59.9. The van der Waals surface area contributed by atoms with Crippen molar-refractivity contribution in [2.75, 3.05) is 24.9 Å². The highest BCUT2D eigenvalue weighted by molar-refractivity contribution is 7.96. The van der Waals surface area contributed by atoms with Crippen LogP contribution >= 0.6 is 0 Å². The van der Waals surface area contributed by atoms with Crippen LogP contribution in [-0.2, 0) is 60.3 Å². The fourth-order valence-electron chi connectivity index (χ4n) is 7.37. The Kier molecular flexibility index (Phi) is 17.1. The number of hydrogen-bond donors (Lipinski definition) is 0. The summed E-state index contributed by atoms with van der Waals surface area (Å²) in [5.41, 5.74) is -29.4. The standard InChI is InChI=1S/C32H12BF24.C13H19O2S/c34-25(35,36)13-1-14(26(37,38)39)6-21(5-13)33(22-7-15(27(40,41)42)2-16(8-22)28(43,44)45,23-9-17(29(46,47)48)3-18(10-23)30(49,50)51)24-11-19(31(52,53)54)4-20(12-24)32(55,56)57;1-4-9-15-12-7-5-11(6-8-12)13(14)10-16(2)3/h1-12H;5-8H,4,9-10H2,1-3H3/q-1;+1. The Hall–Kier alpha value is -5.70. The zero-order valence-corrected chi connectivity index (χ0v) is 37.5. The van der Waals surface area contributed by atoms with Crippen LogP contribution in [0.1, 0.15) is 68.2 Å². The number of alkyl halides is 24. The fraction of sp³-hybridized carbons (Fsp3) is 0.311. The summed E-state index contributed by atoms with van der Waals surface area (Å²) in [6.07, 6.45) is -49.7. The Labute approximate surface area is 399 Å². The summed E-state index contributed by atoms with van der Waals surface area (Å²) in [6, 6.07) is -1.38. The van der Waals surface area contributed by atoms with Gasteiger partial charge in [0.1, 0.15) is 11.9 Å². The highest BCUT2D eigenvalue weighted by Crippen LogP contribution is 2.41. The second kappa shape index (κ2) is 20.9. The lowest BCUT2D eigenvalue weighted by molar-refractivity contribution is -0.144. The quantitative estimate of drug-likeness (QED) is 0.0603. The molecule has 0 bridgehead atoms. The monoisotopic (exact) mass is 1100 g/mol. The molecule has 0 fully saturated rings. The predicted molar refractivity (Wildman–Crippen MR) is 221 cm³/mol. The maximum absolute atomic E-state index is 14.2. The molecule has 5 rings (SSSR count). The molecule has 5 aromatic rings. The SMILES string of the molecule is CCCOc1ccc(C(=O)C[S+](C)C)cc1.FC(F)(F)c1cc([B-](c2cc(C(F)(F)F)cc(C(F)(F)F)c2)(c2cc(C(F)(F)F)cc(C(F)(F)F)c2)c2cc(C(F)(F)F)cc(C(F)(F)F)c2)cc(C(F)(F)F)c1. The molecule has 0 heterocycles. The maximum atomic E-state index is 14.2. The second-order valence-corrected chi connectivity index (χ2v) is 18.4. The van der Waals surface area contributed by atoms with Crippen LogP contribution in [0.3, 0.4) is 0 Å². The zero-order chi connectivity index (χ0) is 55.9. The van der Waals surface area contributed by atoms with Gasteiger partial charge in [0.05, 0.1) is 63.6 Å². The normalized spacial score (nSPS) is 13.5. The Morgan fingerprint density at radius 2 is 0.616 bits per heavy atom. The van der Waals surface area contributed by atoms with E-state index in [1.807, 2.05) is 24.3 Å². The molecule has 0 radical (unpaired) electrons. The molecule has 0 aliphatic carbocycles. The van der Waals surface area contributed by atoms with E-state index in [1.165, 1.54) is 0 Å². The van der Waals surface area contributed by atoms with Gasteiger partial charge in [0.2, 0.25) is 5.78 Å². The maximum Gasteiger partial charge on any atom is 0.416 e. The van der Waals surface area contributed by atoms with E-state index >= 15 is 0 Å². The van der Waals surface area contributed by atoms with Gasteiger partial charge in [-0.2, -0.15) is 127 Å². The molecule has 400 valence electrons. The van der Waals surface area contributed by atoms with Crippen LogP contribution in [0, 0.1) is 0 Å². The first-order valence-electron chi connectivity index (χ1n) is 20.1. The lowest BCUT2D eigenvalue weighted by Gasteiger charge is -2.46. The molecule has 73 heavy (non-hydrogen) atoms. The van der Waals surface area contributed by atoms with Crippen molar-refractivity contribution in [2.45, 2.75) is 62.8 Å². The van der Waals surface area contributed by atoms with Crippen molar-refractivity contribution in [3.8, 4) is 5.75 Å². The minimum Gasteiger partial charge on any atom is -0.494 e. The van der Waals surface area contributed by atoms with Gasteiger partial charge in [-0.3, -0.25) is 4.79 Å². The lowest BCUT2D eigenvalue weighted by atomic mass is 9.12. The molecule has 0 atom stereocenters. The minimum absolute atomic E-state index is 0.163. The van der Waals surface area contributed by atoms with E-state index in [0.717, 1.165) is 24.3 Å². The van der Waals surface area contributed by atoms with E-state index in [9.17, 15) is 110 Å². The topological polar surface area (TPSA) is 26.3 Å². The average Bonchev–Trinajstić information content (AvgIpc) is 3.23. The molecule has 0 N–H and O–H groups in total. The summed E-state index contributed by atoms with van der Waals surface area (Å²) in [7, 11) is 0.163. The van der Waals surface area contributed by atoms with E-state index in [2.05, 4.69) is 19.4 Å². The van der Waals surface area contributed by atoms with Gasteiger partial charge in [0.25, 0.3) is 0 Å². The summed E-state index contributed by atoms with van der Waals surface area (Å²) in [5.74, 6) is 1.69. The highest BCUT2D eigenvalue weighted by Gasteiger charge is 2.47. The largest absolute Gasteiger partial charge is 0.494 e. The van der Waals surface area contributed by atoms with Crippen LogP contribution in [0.4, 0.5) is 105 Å². The molecule has 0 aliphatic heterocycles. The first-order valence-corrected chi connectivity index (χ1v) is 22.3. The molecule has 2 nitrogen and oxygen atoms in total. The lowest BCUT2D eigenvalue weighted by Crippen LogP contribution is -2.75. The Balaban J connectivity index is 0.000000613. The molecule has 0 unspecified atom stereocenters. The number of halogens is 24. The van der Waals surface area contributed by atoms with Gasteiger partial charge in [-0.15, -0.1) is 0 Å². The Bertz CT molecular complexity index is 2300. The number of ether oxygens (including phenoxy) is 1. The highest BCUT2D eigenvalue weighted by atomic mass is 32.2. The smallest absolute Gasteiger partial charge is 0.416 e. The molecular formula is C45H31BF24O2S. The van der Waals surface area contributed by atoms with Gasteiger partial charge < -0.3 is 4.74 Å². The van der Waals surface area contributed by atoms with Crippen LogP contribution in [0.15, 0.2) is 97.1 Å². The third kappa shape index (κ3) is 14.8. The first-order chi connectivity index (χ1) is 32.9. The minimum atomic E-state index is -6.13. The number of rotatable bonds is 10. The molecule has 0 amide bonds. The number of hydrogen-bond acceptors (Lipinski definition) is 2. The van der Waals surface area contributed by atoms with Crippen LogP contribution in [0.5, 0.6) is 5.75 Å². The molecule has 0 saturated heterocycles. The van der Waals surface area contributed by atoms with E-state index < -0.39 is 195 Å². The van der Waals surface area contributed by atoms with E-state index in [-0.39, 0.29) is 16.7 Å². The molecule has 28 heteroatoms. The summed E-state index contributed by atoms with van der Waals surface area (Å²) in [6.45, 7) is 2.79. The third-order valence-electron chi connectivity index (χ3n) is 10.5. The van der Waals surface area contributed by atoms with Gasteiger partial charge in [-0.1, -0.05) is 55.5 Å². The second-order valence-electron chi connectivity index (χ2n) is 16.1. The van der Waals surface area contributed by atoms with Crippen molar-refractivity contribution in [1.29, 1.82) is 0 Å². The van der Waals surface area contributed by atoms with Gasteiger partial charge in [0.15, 0.2) is 5.75 Å².